The number of unbranched alkanes of at least 4 members (excludes halogenated alkanes) is 3. The summed E-state index contributed by atoms with van der Waals surface area (Å²) < 4.78 is 5.07. The highest BCUT2D eigenvalue weighted by Gasteiger charge is 2.28. The molecule has 0 aliphatic heterocycles. The second-order valence-corrected chi connectivity index (χ2v) is 6.19. The molecular formula is C19H28N2O5. The molecule has 144 valence electrons. The van der Waals surface area contributed by atoms with Gasteiger partial charge in [0.25, 0.3) is 0 Å². The summed E-state index contributed by atoms with van der Waals surface area (Å²) >= 11 is 0. The second-order valence-electron chi connectivity index (χ2n) is 6.19. The summed E-state index contributed by atoms with van der Waals surface area (Å²) in [5.41, 5.74) is 0.825. The summed E-state index contributed by atoms with van der Waals surface area (Å²) in [4.78, 5) is 35.2. The van der Waals surface area contributed by atoms with Crippen molar-refractivity contribution in [2.45, 2.75) is 64.6 Å². The zero-order chi connectivity index (χ0) is 19.4. The number of carbonyl (C=O) groups is 3. The van der Waals surface area contributed by atoms with Gasteiger partial charge in [-0.25, -0.2) is 9.59 Å². The van der Waals surface area contributed by atoms with Gasteiger partial charge >= 0.3 is 12.1 Å². The maximum absolute atomic E-state index is 11.9. The molecule has 7 nitrogen and oxygen atoms in total. The van der Waals surface area contributed by atoms with Crippen LogP contribution in [0.2, 0.25) is 0 Å². The summed E-state index contributed by atoms with van der Waals surface area (Å²) in [6.45, 7) is 3.67. The maximum atomic E-state index is 11.9. The third-order valence-corrected chi connectivity index (χ3v) is 3.90. The van der Waals surface area contributed by atoms with E-state index in [0.717, 1.165) is 24.8 Å². The molecular weight excluding hydrogens is 336 g/mol. The minimum Gasteiger partial charge on any atom is -0.480 e. The average molecular weight is 364 g/mol. The number of benzene rings is 1. The highest BCUT2D eigenvalue weighted by atomic mass is 16.5. The van der Waals surface area contributed by atoms with Crippen molar-refractivity contribution in [3.63, 3.8) is 0 Å². The number of carbonyl (C=O) groups excluding carboxylic acids is 2. The van der Waals surface area contributed by atoms with Crippen LogP contribution in [0.25, 0.3) is 0 Å². The SMILES string of the molecule is CCCCCCC(=O)N[C@@H](C(=O)O)[C@@H](C)NC(=O)OCc1ccccc1. The Morgan fingerprint density at radius 2 is 1.77 bits per heavy atom. The number of rotatable bonds is 11. The van der Waals surface area contributed by atoms with Gasteiger partial charge in [0, 0.05) is 6.42 Å². The molecule has 7 heteroatoms. The van der Waals surface area contributed by atoms with E-state index >= 15 is 0 Å². The van der Waals surface area contributed by atoms with Crippen LogP contribution in [-0.2, 0) is 20.9 Å². The van der Waals surface area contributed by atoms with Crippen molar-refractivity contribution in [3.8, 4) is 0 Å². The zero-order valence-corrected chi connectivity index (χ0v) is 15.4. The number of ether oxygens (including phenoxy) is 1. The lowest BCUT2D eigenvalue weighted by molar-refractivity contribution is -0.142. The van der Waals surface area contributed by atoms with Crippen molar-refractivity contribution in [3.05, 3.63) is 35.9 Å². The Kier molecular flexibility index (Phi) is 9.82. The fraction of sp³-hybridized carbons (Fsp3) is 0.526. The normalized spacial score (nSPS) is 12.7. The molecule has 0 fully saturated rings. The lowest BCUT2D eigenvalue weighted by Gasteiger charge is -2.22. The highest BCUT2D eigenvalue weighted by Crippen LogP contribution is 2.04. The summed E-state index contributed by atoms with van der Waals surface area (Å²) in [5, 5.41) is 14.2. The van der Waals surface area contributed by atoms with Gasteiger partial charge in [0.2, 0.25) is 5.91 Å². The monoisotopic (exact) mass is 364 g/mol. The van der Waals surface area contributed by atoms with Crippen LogP contribution in [0, 0.1) is 0 Å². The van der Waals surface area contributed by atoms with Crippen molar-refractivity contribution in [1.29, 1.82) is 0 Å². The lowest BCUT2D eigenvalue weighted by atomic mass is 10.1. The molecule has 0 unspecified atom stereocenters. The van der Waals surface area contributed by atoms with E-state index in [-0.39, 0.29) is 18.9 Å². The quantitative estimate of drug-likeness (QED) is 0.524. The molecule has 0 aromatic heterocycles. The largest absolute Gasteiger partial charge is 0.480 e. The van der Waals surface area contributed by atoms with Gasteiger partial charge in [-0.2, -0.15) is 0 Å². The molecule has 1 aromatic rings. The molecule has 0 heterocycles. The van der Waals surface area contributed by atoms with Crippen LogP contribution in [0.1, 0.15) is 51.5 Å². The first-order valence-corrected chi connectivity index (χ1v) is 8.93. The molecule has 0 saturated carbocycles. The molecule has 2 atom stereocenters. The zero-order valence-electron chi connectivity index (χ0n) is 15.4. The van der Waals surface area contributed by atoms with Crippen LogP contribution >= 0.6 is 0 Å². The molecule has 0 radical (unpaired) electrons. The first kappa shape index (κ1) is 21.5. The van der Waals surface area contributed by atoms with E-state index in [1.54, 1.807) is 0 Å². The van der Waals surface area contributed by atoms with E-state index in [0.29, 0.717) is 6.42 Å². The number of aliphatic carboxylic acids is 1. The molecule has 2 amide bonds. The van der Waals surface area contributed by atoms with Crippen LogP contribution in [0.15, 0.2) is 30.3 Å². The van der Waals surface area contributed by atoms with Gasteiger partial charge in [-0.3, -0.25) is 4.79 Å². The lowest BCUT2D eigenvalue weighted by Crippen LogP contribution is -2.54. The molecule has 1 aromatic carbocycles. The Hall–Kier alpha value is -2.57. The summed E-state index contributed by atoms with van der Waals surface area (Å²) in [5.74, 6) is -1.54. The molecule has 0 spiro atoms. The van der Waals surface area contributed by atoms with Crippen molar-refractivity contribution in [1.82, 2.24) is 10.6 Å². The van der Waals surface area contributed by atoms with E-state index in [1.165, 1.54) is 6.92 Å². The van der Waals surface area contributed by atoms with Gasteiger partial charge in [-0.1, -0.05) is 56.5 Å². The predicted molar refractivity (Wildman–Crippen MR) is 97.6 cm³/mol. The Morgan fingerprint density at radius 3 is 2.38 bits per heavy atom. The molecule has 0 bridgehead atoms. The fourth-order valence-electron chi connectivity index (χ4n) is 2.39. The van der Waals surface area contributed by atoms with Crippen molar-refractivity contribution in [2.24, 2.45) is 0 Å². The standard InChI is InChI=1S/C19H28N2O5/c1-3-4-5-9-12-16(22)21-17(18(23)24)14(2)20-19(25)26-13-15-10-7-6-8-11-15/h6-8,10-11,14,17H,3-5,9,12-13H2,1-2H3,(H,20,25)(H,21,22)(H,23,24)/t14-,17-/m1/s1. The third-order valence-electron chi connectivity index (χ3n) is 3.90. The van der Waals surface area contributed by atoms with Crippen LogP contribution in [0.3, 0.4) is 0 Å². The van der Waals surface area contributed by atoms with Crippen LogP contribution in [0.5, 0.6) is 0 Å². The Labute approximate surface area is 154 Å². The van der Waals surface area contributed by atoms with Crippen LogP contribution in [-0.4, -0.2) is 35.2 Å². The Morgan fingerprint density at radius 1 is 1.08 bits per heavy atom. The third kappa shape index (κ3) is 8.50. The number of carboxylic acid groups (broad SMARTS) is 1. The van der Waals surface area contributed by atoms with Gasteiger partial charge in [0.1, 0.15) is 12.6 Å². The second kappa shape index (κ2) is 11.9. The smallest absolute Gasteiger partial charge is 0.407 e. The fourth-order valence-corrected chi connectivity index (χ4v) is 2.39. The summed E-state index contributed by atoms with van der Waals surface area (Å²) in [6, 6.07) is 7.12. The number of hydrogen-bond donors (Lipinski definition) is 3. The van der Waals surface area contributed by atoms with E-state index in [1.807, 2.05) is 30.3 Å². The molecule has 26 heavy (non-hydrogen) atoms. The number of alkyl carbamates (subject to hydrolysis) is 1. The summed E-state index contributed by atoms with van der Waals surface area (Å²) in [7, 11) is 0. The highest BCUT2D eigenvalue weighted by molar-refractivity contribution is 5.84. The molecule has 0 aliphatic rings. The van der Waals surface area contributed by atoms with E-state index in [9.17, 15) is 19.5 Å². The Balaban J connectivity index is 2.43. The van der Waals surface area contributed by atoms with Crippen LogP contribution in [0.4, 0.5) is 4.79 Å². The van der Waals surface area contributed by atoms with Crippen molar-refractivity contribution < 1.29 is 24.2 Å². The number of carboxylic acids is 1. The topological polar surface area (TPSA) is 105 Å². The van der Waals surface area contributed by atoms with Crippen molar-refractivity contribution in [2.75, 3.05) is 0 Å². The van der Waals surface area contributed by atoms with Gasteiger partial charge in [-0.15, -0.1) is 0 Å². The maximum Gasteiger partial charge on any atom is 0.407 e. The first-order chi connectivity index (χ1) is 12.4. The minimum absolute atomic E-state index is 0.0842. The van der Waals surface area contributed by atoms with Crippen LogP contribution < -0.4 is 10.6 Å². The molecule has 0 saturated heterocycles. The predicted octanol–water partition coefficient (Wildman–Crippen LogP) is 2.84. The number of amides is 2. The number of nitrogens with one attached hydrogen (secondary N) is 2. The molecule has 0 aliphatic carbocycles. The average Bonchev–Trinajstić information content (AvgIpc) is 2.62. The first-order valence-electron chi connectivity index (χ1n) is 8.93. The van der Waals surface area contributed by atoms with Gasteiger partial charge < -0.3 is 20.5 Å². The van der Waals surface area contributed by atoms with E-state index < -0.39 is 24.1 Å². The van der Waals surface area contributed by atoms with Crippen molar-refractivity contribution >= 4 is 18.0 Å². The van der Waals surface area contributed by atoms with Gasteiger partial charge in [0.15, 0.2) is 0 Å². The molecule has 1 rings (SSSR count). The minimum atomic E-state index is -1.21. The van der Waals surface area contributed by atoms with E-state index in [2.05, 4.69) is 17.6 Å². The number of hydrogen-bond acceptors (Lipinski definition) is 4. The summed E-state index contributed by atoms with van der Waals surface area (Å²) in [6.07, 6.45) is 3.29. The van der Waals surface area contributed by atoms with Gasteiger partial charge in [0.05, 0.1) is 6.04 Å². The van der Waals surface area contributed by atoms with E-state index in [4.69, 9.17) is 4.74 Å². The molecule has 3 N–H and O–H groups in total. The van der Waals surface area contributed by atoms with Gasteiger partial charge in [-0.05, 0) is 18.9 Å². The Bertz CT molecular complexity index is 577.